The second-order valence-electron chi connectivity index (χ2n) is 4.60. The van der Waals surface area contributed by atoms with Crippen molar-refractivity contribution in [2.75, 3.05) is 13.1 Å². The van der Waals surface area contributed by atoms with Gasteiger partial charge in [0.1, 0.15) is 0 Å². The average Bonchev–Trinajstić information content (AvgIpc) is 3.09. The van der Waals surface area contributed by atoms with Crippen molar-refractivity contribution in [3.05, 3.63) is 35.9 Å². The summed E-state index contributed by atoms with van der Waals surface area (Å²) in [4.78, 5) is 0. The SMILES string of the molecule is NCC(N)CCN[C@@H]1C[C@H]1c1ccccc1. The zero-order chi connectivity index (χ0) is 11.4. The Bertz CT molecular complexity index is 312. The van der Waals surface area contributed by atoms with Gasteiger partial charge in [-0.05, 0) is 24.9 Å². The molecule has 0 aliphatic heterocycles. The van der Waals surface area contributed by atoms with Crippen LogP contribution in [0.1, 0.15) is 24.3 Å². The quantitative estimate of drug-likeness (QED) is 0.663. The number of nitrogens with two attached hydrogens (primary N) is 2. The van der Waals surface area contributed by atoms with E-state index < -0.39 is 0 Å². The molecule has 1 unspecified atom stereocenters. The molecular formula is C13H21N3. The standard InChI is InChI=1S/C13H21N3/c14-9-11(15)6-7-16-13-8-12(13)10-4-2-1-3-5-10/h1-5,11-13,16H,6-9,14-15H2/t11?,12-,13+/m0/s1. The molecule has 3 nitrogen and oxygen atoms in total. The van der Waals surface area contributed by atoms with Crippen molar-refractivity contribution in [1.29, 1.82) is 0 Å². The van der Waals surface area contributed by atoms with Crippen molar-refractivity contribution in [2.45, 2.75) is 30.8 Å². The molecule has 0 saturated heterocycles. The van der Waals surface area contributed by atoms with Gasteiger partial charge in [-0.3, -0.25) is 0 Å². The zero-order valence-corrected chi connectivity index (χ0v) is 9.60. The Morgan fingerprint density at radius 3 is 2.75 bits per heavy atom. The minimum absolute atomic E-state index is 0.140. The van der Waals surface area contributed by atoms with Crippen LogP contribution in [0.4, 0.5) is 0 Å². The molecule has 1 aliphatic rings. The maximum absolute atomic E-state index is 5.76. The van der Waals surface area contributed by atoms with E-state index >= 15 is 0 Å². The molecular weight excluding hydrogens is 198 g/mol. The van der Waals surface area contributed by atoms with E-state index in [1.165, 1.54) is 12.0 Å². The van der Waals surface area contributed by atoms with Gasteiger partial charge in [0.15, 0.2) is 0 Å². The van der Waals surface area contributed by atoms with Gasteiger partial charge in [-0.15, -0.1) is 0 Å². The van der Waals surface area contributed by atoms with E-state index in [0.717, 1.165) is 13.0 Å². The Kier molecular flexibility index (Phi) is 3.93. The van der Waals surface area contributed by atoms with Gasteiger partial charge in [0.2, 0.25) is 0 Å². The van der Waals surface area contributed by atoms with Crippen LogP contribution in [0.3, 0.4) is 0 Å². The second kappa shape index (κ2) is 5.43. The summed E-state index contributed by atoms with van der Waals surface area (Å²) in [5, 5.41) is 3.53. The molecule has 0 heterocycles. The molecule has 0 radical (unpaired) electrons. The fraction of sp³-hybridized carbons (Fsp3) is 0.538. The Balaban J connectivity index is 1.68. The maximum Gasteiger partial charge on any atom is 0.0175 e. The Morgan fingerprint density at radius 2 is 2.06 bits per heavy atom. The van der Waals surface area contributed by atoms with Crippen LogP contribution in [0.2, 0.25) is 0 Å². The van der Waals surface area contributed by atoms with E-state index in [0.29, 0.717) is 18.5 Å². The summed E-state index contributed by atoms with van der Waals surface area (Å²) in [5.74, 6) is 0.704. The molecule has 5 N–H and O–H groups in total. The van der Waals surface area contributed by atoms with Crippen LogP contribution in [0.15, 0.2) is 30.3 Å². The molecule has 1 fully saturated rings. The summed E-state index contributed by atoms with van der Waals surface area (Å²) < 4.78 is 0. The number of hydrogen-bond donors (Lipinski definition) is 3. The molecule has 1 aliphatic carbocycles. The van der Waals surface area contributed by atoms with Gasteiger partial charge in [-0.1, -0.05) is 30.3 Å². The van der Waals surface area contributed by atoms with Crippen LogP contribution in [-0.2, 0) is 0 Å². The molecule has 0 bridgehead atoms. The van der Waals surface area contributed by atoms with Crippen LogP contribution in [-0.4, -0.2) is 25.2 Å². The fourth-order valence-electron chi connectivity index (χ4n) is 2.06. The van der Waals surface area contributed by atoms with Crippen LogP contribution in [0.25, 0.3) is 0 Å². The molecule has 1 aromatic carbocycles. The number of rotatable bonds is 6. The highest BCUT2D eigenvalue weighted by molar-refractivity contribution is 5.27. The summed E-state index contributed by atoms with van der Waals surface area (Å²) >= 11 is 0. The highest BCUT2D eigenvalue weighted by Gasteiger charge is 2.37. The molecule has 1 aromatic rings. The molecule has 1 saturated carbocycles. The molecule has 2 rings (SSSR count). The lowest BCUT2D eigenvalue weighted by molar-refractivity contribution is 0.560. The van der Waals surface area contributed by atoms with E-state index in [1.54, 1.807) is 0 Å². The van der Waals surface area contributed by atoms with Crippen molar-refractivity contribution >= 4 is 0 Å². The lowest BCUT2D eigenvalue weighted by Gasteiger charge is -2.09. The Hall–Kier alpha value is -0.900. The summed E-state index contributed by atoms with van der Waals surface area (Å²) in [6.45, 7) is 1.56. The fourth-order valence-corrected chi connectivity index (χ4v) is 2.06. The van der Waals surface area contributed by atoms with E-state index in [1.807, 2.05) is 0 Å². The van der Waals surface area contributed by atoms with Crippen LogP contribution in [0, 0.1) is 0 Å². The van der Waals surface area contributed by atoms with Crippen LogP contribution >= 0.6 is 0 Å². The Morgan fingerprint density at radius 1 is 1.31 bits per heavy atom. The molecule has 3 heteroatoms. The van der Waals surface area contributed by atoms with E-state index in [2.05, 4.69) is 35.6 Å². The molecule has 3 atom stereocenters. The Labute approximate surface area is 97.2 Å². The van der Waals surface area contributed by atoms with E-state index in [4.69, 9.17) is 11.5 Å². The van der Waals surface area contributed by atoms with Gasteiger partial charge < -0.3 is 16.8 Å². The monoisotopic (exact) mass is 219 g/mol. The predicted molar refractivity (Wildman–Crippen MR) is 67.2 cm³/mol. The van der Waals surface area contributed by atoms with Gasteiger partial charge in [-0.25, -0.2) is 0 Å². The third-order valence-corrected chi connectivity index (χ3v) is 3.24. The third-order valence-electron chi connectivity index (χ3n) is 3.24. The average molecular weight is 219 g/mol. The number of benzene rings is 1. The molecule has 16 heavy (non-hydrogen) atoms. The zero-order valence-electron chi connectivity index (χ0n) is 9.60. The first-order valence-electron chi connectivity index (χ1n) is 6.05. The summed E-state index contributed by atoms with van der Waals surface area (Å²) in [5.41, 5.74) is 12.7. The van der Waals surface area contributed by atoms with Crippen molar-refractivity contribution in [1.82, 2.24) is 5.32 Å². The lowest BCUT2D eigenvalue weighted by atomic mass is 10.1. The minimum atomic E-state index is 0.140. The predicted octanol–water partition coefficient (Wildman–Crippen LogP) is 0.808. The summed E-state index contributed by atoms with van der Waals surface area (Å²) in [7, 11) is 0. The first-order chi connectivity index (χ1) is 7.81. The lowest BCUT2D eigenvalue weighted by Crippen LogP contribution is -2.33. The molecule has 0 amide bonds. The first-order valence-corrected chi connectivity index (χ1v) is 6.05. The van der Waals surface area contributed by atoms with Crippen molar-refractivity contribution < 1.29 is 0 Å². The maximum atomic E-state index is 5.76. The highest BCUT2D eigenvalue weighted by atomic mass is 15.0. The molecule has 0 aromatic heterocycles. The minimum Gasteiger partial charge on any atom is -0.329 e. The van der Waals surface area contributed by atoms with E-state index in [9.17, 15) is 0 Å². The summed E-state index contributed by atoms with van der Waals surface area (Å²) in [6.07, 6.45) is 2.22. The topological polar surface area (TPSA) is 64.1 Å². The van der Waals surface area contributed by atoms with E-state index in [-0.39, 0.29) is 6.04 Å². The van der Waals surface area contributed by atoms with Crippen molar-refractivity contribution in [3.8, 4) is 0 Å². The largest absolute Gasteiger partial charge is 0.329 e. The van der Waals surface area contributed by atoms with Gasteiger partial charge >= 0.3 is 0 Å². The smallest absolute Gasteiger partial charge is 0.0175 e. The van der Waals surface area contributed by atoms with Gasteiger partial charge in [0, 0.05) is 24.5 Å². The summed E-state index contributed by atoms with van der Waals surface area (Å²) in [6, 6.07) is 11.5. The van der Waals surface area contributed by atoms with Crippen molar-refractivity contribution in [2.24, 2.45) is 11.5 Å². The highest BCUT2D eigenvalue weighted by Crippen LogP contribution is 2.40. The third kappa shape index (κ3) is 3.04. The van der Waals surface area contributed by atoms with Crippen LogP contribution in [0.5, 0.6) is 0 Å². The van der Waals surface area contributed by atoms with Gasteiger partial charge in [-0.2, -0.15) is 0 Å². The van der Waals surface area contributed by atoms with Crippen LogP contribution < -0.4 is 16.8 Å². The number of nitrogens with one attached hydrogen (secondary N) is 1. The van der Waals surface area contributed by atoms with Gasteiger partial charge in [0.25, 0.3) is 0 Å². The van der Waals surface area contributed by atoms with Crippen molar-refractivity contribution in [3.63, 3.8) is 0 Å². The second-order valence-corrected chi connectivity index (χ2v) is 4.60. The normalized spacial score (nSPS) is 25.4. The molecule has 88 valence electrons. The first kappa shape index (κ1) is 11.6. The van der Waals surface area contributed by atoms with Gasteiger partial charge in [0.05, 0.1) is 0 Å². The number of hydrogen-bond acceptors (Lipinski definition) is 3. The molecule has 0 spiro atoms.